The number of carbonyl (C=O) groups is 1. The molecule has 5 heteroatoms. The van der Waals surface area contributed by atoms with Crippen LogP contribution in [0.2, 0.25) is 0 Å². The molecule has 0 heterocycles. The van der Waals surface area contributed by atoms with E-state index in [-0.39, 0.29) is 11.9 Å². The molecule has 0 aliphatic carbocycles. The van der Waals surface area contributed by atoms with E-state index < -0.39 is 5.54 Å². The van der Waals surface area contributed by atoms with Crippen LogP contribution in [0.15, 0.2) is 18.2 Å². The minimum Gasteiger partial charge on any atom is -0.497 e. The molecule has 2 N–H and O–H groups in total. The zero-order chi connectivity index (χ0) is 15.3. The molecule has 5 nitrogen and oxygen atoms in total. The summed E-state index contributed by atoms with van der Waals surface area (Å²) in [6.07, 6.45) is 0. The summed E-state index contributed by atoms with van der Waals surface area (Å²) in [5.41, 5.74) is 0.257. The Balaban J connectivity index is 2.96. The molecule has 20 heavy (non-hydrogen) atoms. The maximum atomic E-state index is 12.2. The van der Waals surface area contributed by atoms with Crippen molar-refractivity contribution in [3.8, 4) is 11.5 Å². The van der Waals surface area contributed by atoms with Gasteiger partial charge in [0.15, 0.2) is 0 Å². The number of ether oxygens (including phenoxy) is 2. The van der Waals surface area contributed by atoms with Gasteiger partial charge in [-0.2, -0.15) is 0 Å². The van der Waals surface area contributed by atoms with E-state index in [1.165, 1.54) is 0 Å². The van der Waals surface area contributed by atoms with Crippen LogP contribution in [0, 0.1) is 0 Å². The zero-order valence-electron chi connectivity index (χ0n) is 13.0. The van der Waals surface area contributed by atoms with Crippen LogP contribution >= 0.6 is 0 Å². The highest BCUT2D eigenvalue weighted by Gasteiger charge is 2.27. The maximum absolute atomic E-state index is 12.2. The van der Waals surface area contributed by atoms with E-state index >= 15 is 0 Å². The first-order chi connectivity index (χ1) is 9.35. The van der Waals surface area contributed by atoms with Crippen LogP contribution in [0.1, 0.15) is 32.4 Å². The predicted molar refractivity (Wildman–Crippen MR) is 79.2 cm³/mol. The number of methoxy groups -OCH3 is 2. The second-order valence-corrected chi connectivity index (χ2v) is 5.18. The van der Waals surface area contributed by atoms with Gasteiger partial charge in [-0.25, -0.2) is 0 Å². The van der Waals surface area contributed by atoms with Crippen LogP contribution in [0.5, 0.6) is 11.5 Å². The third-order valence-electron chi connectivity index (χ3n) is 3.44. The Morgan fingerprint density at radius 2 is 1.90 bits per heavy atom. The fourth-order valence-electron chi connectivity index (χ4n) is 1.75. The molecule has 0 aromatic heterocycles. The number of likely N-dealkylation sites (N-methyl/N-ethyl adjacent to an activating group) is 1. The van der Waals surface area contributed by atoms with Gasteiger partial charge in [0.2, 0.25) is 5.91 Å². The number of hydrogen-bond donors (Lipinski definition) is 2. The third kappa shape index (κ3) is 3.63. The molecule has 1 rings (SSSR count). The molecule has 0 saturated heterocycles. The SMILES string of the molecule is CNC(C)(C)C(=O)NC(C)c1cc(OC)ccc1OC. The zero-order valence-corrected chi connectivity index (χ0v) is 13.0. The monoisotopic (exact) mass is 280 g/mol. The van der Waals surface area contributed by atoms with Gasteiger partial charge >= 0.3 is 0 Å². The minimum absolute atomic E-state index is 0.0719. The van der Waals surface area contributed by atoms with Gasteiger partial charge in [0.1, 0.15) is 11.5 Å². The normalized spacial score (nSPS) is 12.7. The molecule has 0 fully saturated rings. The van der Waals surface area contributed by atoms with Crippen molar-refractivity contribution in [3.05, 3.63) is 23.8 Å². The summed E-state index contributed by atoms with van der Waals surface area (Å²) in [4.78, 5) is 12.2. The Morgan fingerprint density at radius 3 is 2.40 bits per heavy atom. The van der Waals surface area contributed by atoms with Gasteiger partial charge in [0.05, 0.1) is 25.8 Å². The lowest BCUT2D eigenvalue weighted by molar-refractivity contribution is -0.126. The van der Waals surface area contributed by atoms with Crippen LogP contribution in [0.4, 0.5) is 0 Å². The topological polar surface area (TPSA) is 59.6 Å². The van der Waals surface area contributed by atoms with E-state index in [2.05, 4.69) is 10.6 Å². The maximum Gasteiger partial charge on any atom is 0.240 e. The highest BCUT2D eigenvalue weighted by atomic mass is 16.5. The van der Waals surface area contributed by atoms with Crippen LogP contribution in [-0.2, 0) is 4.79 Å². The Morgan fingerprint density at radius 1 is 1.25 bits per heavy atom. The molecule has 0 aliphatic rings. The largest absolute Gasteiger partial charge is 0.497 e. The van der Waals surface area contributed by atoms with Gasteiger partial charge < -0.3 is 20.1 Å². The van der Waals surface area contributed by atoms with Gasteiger partial charge in [0, 0.05) is 5.56 Å². The fraction of sp³-hybridized carbons (Fsp3) is 0.533. The second kappa shape index (κ2) is 6.61. The molecule has 1 amide bonds. The summed E-state index contributed by atoms with van der Waals surface area (Å²) >= 11 is 0. The highest BCUT2D eigenvalue weighted by Crippen LogP contribution is 2.29. The van der Waals surface area contributed by atoms with Crippen LogP contribution < -0.4 is 20.1 Å². The summed E-state index contributed by atoms with van der Waals surface area (Å²) in [6.45, 7) is 5.58. The summed E-state index contributed by atoms with van der Waals surface area (Å²) in [6, 6.07) is 5.35. The Labute approximate surface area is 120 Å². The van der Waals surface area contributed by atoms with Gasteiger partial charge in [-0.1, -0.05) is 0 Å². The summed E-state index contributed by atoms with van der Waals surface area (Å²) in [7, 11) is 4.98. The lowest BCUT2D eigenvalue weighted by atomic mass is 10.0. The quantitative estimate of drug-likeness (QED) is 0.835. The third-order valence-corrected chi connectivity index (χ3v) is 3.44. The van der Waals surface area contributed by atoms with Crippen molar-refractivity contribution in [3.63, 3.8) is 0 Å². The van der Waals surface area contributed by atoms with Crippen LogP contribution in [-0.4, -0.2) is 32.7 Å². The summed E-state index contributed by atoms with van der Waals surface area (Å²) in [5.74, 6) is 1.38. The second-order valence-electron chi connectivity index (χ2n) is 5.18. The van der Waals surface area contributed by atoms with Gasteiger partial charge in [-0.15, -0.1) is 0 Å². The van der Waals surface area contributed by atoms with E-state index in [4.69, 9.17) is 9.47 Å². The average Bonchev–Trinajstić information content (AvgIpc) is 2.46. The molecule has 0 bridgehead atoms. The fourth-order valence-corrected chi connectivity index (χ4v) is 1.75. The highest BCUT2D eigenvalue weighted by molar-refractivity contribution is 5.85. The molecule has 0 radical (unpaired) electrons. The van der Waals surface area contributed by atoms with Crippen molar-refractivity contribution in [2.24, 2.45) is 0 Å². The average molecular weight is 280 g/mol. The molecule has 0 aliphatic heterocycles. The molecule has 1 aromatic rings. The van der Waals surface area contributed by atoms with Crippen LogP contribution in [0.25, 0.3) is 0 Å². The van der Waals surface area contributed by atoms with Gasteiger partial charge in [-0.05, 0) is 46.0 Å². The summed E-state index contributed by atoms with van der Waals surface area (Å²) < 4.78 is 10.6. The van der Waals surface area contributed by atoms with Gasteiger partial charge in [0.25, 0.3) is 0 Å². The number of benzene rings is 1. The van der Waals surface area contributed by atoms with Crippen molar-refractivity contribution in [2.45, 2.75) is 32.4 Å². The number of carbonyl (C=O) groups excluding carboxylic acids is 1. The van der Waals surface area contributed by atoms with Gasteiger partial charge in [-0.3, -0.25) is 4.79 Å². The Hall–Kier alpha value is -1.75. The standard InChI is InChI=1S/C15H24N2O3/c1-10(17-14(18)15(2,3)16-4)12-9-11(19-5)7-8-13(12)20-6/h7-10,16H,1-6H3,(H,17,18). The number of amides is 1. The molecular weight excluding hydrogens is 256 g/mol. The van der Waals surface area contributed by atoms with E-state index in [0.717, 1.165) is 17.1 Å². The number of rotatable bonds is 6. The molecule has 0 saturated carbocycles. The number of hydrogen-bond acceptors (Lipinski definition) is 4. The molecule has 112 valence electrons. The lowest BCUT2D eigenvalue weighted by Gasteiger charge is -2.26. The van der Waals surface area contributed by atoms with Crippen LogP contribution in [0.3, 0.4) is 0 Å². The lowest BCUT2D eigenvalue weighted by Crippen LogP contribution is -2.51. The van der Waals surface area contributed by atoms with Crippen molar-refractivity contribution in [2.75, 3.05) is 21.3 Å². The first-order valence-corrected chi connectivity index (χ1v) is 6.57. The first kappa shape index (κ1) is 16.3. The van der Waals surface area contributed by atoms with E-state index in [9.17, 15) is 4.79 Å². The number of nitrogens with one attached hydrogen (secondary N) is 2. The Bertz CT molecular complexity index is 472. The van der Waals surface area contributed by atoms with E-state index in [1.807, 2.05) is 39.0 Å². The molecular formula is C15H24N2O3. The molecule has 1 unspecified atom stereocenters. The first-order valence-electron chi connectivity index (χ1n) is 6.57. The molecule has 0 spiro atoms. The van der Waals surface area contributed by atoms with Crippen molar-refractivity contribution >= 4 is 5.91 Å². The van der Waals surface area contributed by atoms with Crippen molar-refractivity contribution in [1.82, 2.24) is 10.6 Å². The predicted octanol–water partition coefficient (Wildman–Crippen LogP) is 1.88. The molecule has 1 aromatic carbocycles. The van der Waals surface area contributed by atoms with E-state index in [1.54, 1.807) is 21.3 Å². The van der Waals surface area contributed by atoms with Crippen molar-refractivity contribution in [1.29, 1.82) is 0 Å². The molecule has 1 atom stereocenters. The smallest absolute Gasteiger partial charge is 0.240 e. The van der Waals surface area contributed by atoms with E-state index in [0.29, 0.717) is 0 Å². The summed E-state index contributed by atoms with van der Waals surface area (Å²) in [5, 5.41) is 5.96. The Kier molecular flexibility index (Phi) is 5.39. The minimum atomic E-state index is -0.625. The van der Waals surface area contributed by atoms with Crippen molar-refractivity contribution < 1.29 is 14.3 Å².